The molecule has 1 heterocycles. The molecule has 4 N–H and O–H groups in total. The monoisotopic (exact) mass is 246 g/mol. The van der Waals surface area contributed by atoms with Gasteiger partial charge >= 0.3 is 6.03 Å². The maximum absolute atomic E-state index is 12.9. The average molecular weight is 246 g/mol. The van der Waals surface area contributed by atoms with E-state index in [1.54, 1.807) is 18.2 Å². The van der Waals surface area contributed by atoms with Crippen LogP contribution in [0, 0.1) is 5.82 Å². The second kappa shape index (κ2) is 5.13. The van der Waals surface area contributed by atoms with Gasteiger partial charge in [-0.1, -0.05) is 6.07 Å². The summed E-state index contributed by atoms with van der Waals surface area (Å²) in [6.07, 6.45) is 1.43. The molecule has 0 spiro atoms. The van der Waals surface area contributed by atoms with Crippen LogP contribution in [-0.2, 0) is 0 Å². The van der Waals surface area contributed by atoms with E-state index in [2.05, 4.69) is 15.6 Å². The van der Waals surface area contributed by atoms with Crippen LogP contribution >= 0.6 is 0 Å². The topological polar surface area (TPSA) is 80.0 Å². The quantitative estimate of drug-likeness (QED) is 0.761. The van der Waals surface area contributed by atoms with E-state index in [0.29, 0.717) is 17.2 Å². The molecule has 0 unspecified atom stereocenters. The van der Waals surface area contributed by atoms with Gasteiger partial charge in [-0.2, -0.15) is 0 Å². The van der Waals surface area contributed by atoms with Crippen molar-refractivity contribution in [3.05, 3.63) is 48.4 Å². The third-order valence-corrected chi connectivity index (χ3v) is 2.13. The number of pyridine rings is 1. The Kier molecular flexibility index (Phi) is 3.38. The Bertz CT molecular complexity index is 556. The minimum Gasteiger partial charge on any atom is -0.384 e. The lowest BCUT2D eigenvalue weighted by atomic mass is 10.3. The fourth-order valence-electron chi connectivity index (χ4n) is 1.34. The molecule has 2 amide bonds. The normalized spacial score (nSPS) is 9.83. The smallest absolute Gasteiger partial charge is 0.323 e. The molecule has 1 aromatic carbocycles. The molecule has 18 heavy (non-hydrogen) atoms. The summed E-state index contributed by atoms with van der Waals surface area (Å²) in [5.41, 5.74) is 6.29. The molecule has 92 valence electrons. The van der Waals surface area contributed by atoms with E-state index in [0.717, 1.165) is 0 Å². The predicted molar refractivity (Wildman–Crippen MR) is 67.7 cm³/mol. The Balaban J connectivity index is 1.98. The second-order valence-corrected chi connectivity index (χ2v) is 3.56. The van der Waals surface area contributed by atoms with Crippen molar-refractivity contribution in [2.24, 2.45) is 0 Å². The fraction of sp³-hybridized carbons (Fsp3) is 0. The number of amides is 2. The van der Waals surface area contributed by atoms with Crippen molar-refractivity contribution < 1.29 is 9.18 Å². The van der Waals surface area contributed by atoms with Gasteiger partial charge in [0.15, 0.2) is 0 Å². The van der Waals surface area contributed by atoms with Crippen LogP contribution in [0.3, 0.4) is 0 Å². The second-order valence-electron chi connectivity index (χ2n) is 3.56. The van der Waals surface area contributed by atoms with Crippen LogP contribution in [0.5, 0.6) is 0 Å². The number of nitrogens with one attached hydrogen (secondary N) is 2. The highest BCUT2D eigenvalue weighted by Gasteiger charge is 2.03. The number of benzene rings is 1. The van der Waals surface area contributed by atoms with E-state index < -0.39 is 11.8 Å². The summed E-state index contributed by atoms with van der Waals surface area (Å²) in [4.78, 5) is 15.4. The SMILES string of the molecule is Nc1ccc(NC(=O)Nc2cccc(F)c2)cn1. The van der Waals surface area contributed by atoms with Gasteiger partial charge in [-0.3, -0.25) is 0 Å². The number of hydrogen-bond donors (Lipinski definition) is 3. The Labute approximate surface area is 103 Å². The van der Waals surface area contributed by atoms with Crippen molar-refractivity contribution in [3.8, 4) is 0 Å². The molecule has 6 heteroatoms. The number of nitrogen functional groups attached to an aromatic ring is 1. The Morgan fingerprint density at radius 3 is 2.61 bits per heavy atom. The molecule has 0 bridgehead atoms. The number of rotatable bonds is 2. The summed E-state index contributed by atoms with van der Waals surface area (Å²) in [5, 5.41) is 5.04. The van der Waals surface area contributed by atoms with E-state index in [4.69, 9.17) is 5.73 Å². The summed E-state index contributed by atoms with van der Waals surface area (Å²) < 4.78 is 12.9. The number of nitrogens with zero attached hydrogens (tertiary/aromatic N) is 1. The zero-order valence-electron chi connectivity index (χ0n) is 9.35. The number of halogens is 1. The van der Waals surface area contributed by atoms with Crippen molar-refractivity contribution in [1.82, 2.24) is 4.98 Å². The number of carbonyl (C=O) groups excluding carboxylic acids is 1. The number of aromatic nitrogens is 1. The van der Waals surface area contributed by atoms with Gasteiger partial charge in [0.1, 0.15) is 11.6 Å². The van der Waals surface area contributed by atoms with Crippen molar-refractivity contribution in [2.75, 3.05) is 16.4 Å². The van der Waals surface area contributed by atoms with E-state index in [-0.39, 0.29) is 0 Å². The summed E-state index contributed by atoms with van der Waals surface area (Å²) in [7, 11) is 0. The number of nitrogens with two attached hydrogens (primary N) is 1. The number of anilines is 3. The van der Waals surface area contributed by atoms with Gasteiger partial charge in [0.25, 0.3) is 0 Å². The zero-order chi connectivity index (χ0) is 13.0. The summed E-state index contributed by atoms with van der Waals surface area (Å²) >= 11 is 0. The van der Waals surface area contributed by atoms with E-state index in [1.807, 2.05) is 0 Å². The Morgan fingerprint density at radius 2 is 1.94 bits per heavy atom. The Hall–Kier alpha value is -2.63. The molecule has 0 aliphatic carbocycles. The molecule has 5 nitrogen and oxygen atoms in total. The van der Waals surface area contributed by atoms with Crippen molar-refractivity contribution >= 4 is 23.2 Å². The average Bonchev–Trinajstić information content (AvgIpc) is 2.32. The first-order valence-corrected chi connectivity index (χ1v) is 5.18. The molecular weight excluding hydrogens is 235 g/mol. The number of hydrogen-bond acceptors (Lipinski definition) is 3. The molecule has 0 saturated heterocycles. The first-order valence-electron chi connectivity index (χ1n) is 5.18. The maximum atomic E-state index is 12.9. The Morgan fingerprint density at radius 1 is 1.17 bits per heavy atom. The van der Waals surface area contributed by atoms with Gasteiger partial charge in [-0.05, 0) is 30.3 Å². The highest BCUT2D eigenvalue weighted by molar-refractivity contribution is 5.99. The molecule has 0 saturated carbocycles. The standard InChI is InChI=1S/C12H11FN4O/c13-8-2-1-3-9(6-8)16-12(18)17-10-4-5-11(14)15-7-10/h1-7H,(H2,14,15)(H2,16,17,18). The van der Waals surface area contributed by atoms with Crippen LogP contribution in [0.2, 0.25) is 0 Å². The van der Waals surface area contributed by atoms with E-state index >= 15 is 0 Å². The molecule has 0 fully saturated rings. The third-order valence-electron chi connectivity index (χ3n) is 2.13. The lowest BCUT2D eigenvalue weighted by Gasteiger charge is -2.07. The summed E-state index contributed by atoms with van der Waals surface area (Å²) in [5.74, 6) is -0.0481. The van der Waals surface area contributed by atoms with E-state index in [1.165, 1.54) is 24.4 Å². The van der Waals surface area contributed by atoms with Crippen molar-refractivity contribution in [1.29, 1.82) is 0 Å². The third kappa shape index (κ3) is 3.18. The van der Waals surface area contributed by atoms with Crippen molar-refractivity contribution in [3.63, 3.8) is 0 Å². The number of urea groups is 1. The van der Waals surface area contributed by atoms with Crippen LogP contribution in [0.25, 0.3) is 0 Å². The van der Waals surface area contributed by atoms with Crippen molar-refractivity contribution in [2.45, 2.75) is 0 Å². The highest BCUT2D eigenvalue weighted by Crippen LogP contribution is 2.11. The van der Waals surface area contributed by atoms with Gasteiger partial charge in [0, 0.05) is 5.69 Å². The van der Waals surface area contributed by atoms with Gasteiger partial charge in [0.2, 0.25) is 0 Å². The van der Waals surface area contributed by atoms with Gasteiger partial charge < -0.3 is 16.4 Å². The predicted octanol–water partition coefficient (Wildman–Crippen LogP) is 2.45. The first-order chi connectivity index (χ1) is 8.63. The summed E-state index contributed by atoms with van der Waals surface area (Å²) in [6.45, 7) is 0. The van der Waals surface area contributed by atoms with Gasteiger partial charge in [-0.25, -0.2) is 14.2 Å². The zero-order valence-corrected chi connectivity index (χ0v) is 9.35. The number of carbonyl (C=O) groups is 1. The molecule has 1 aromatic heterocycles. The van der Waals surface area contributed by atoms with Gasteiger partial charge in [0.05, 0.1) is 11.9 Å². The molecule has 0 radical (unpaired) electrons. The largest absolute Gasteiger partial charge is 0.384 e. The van der Waals surface area contributed by atoms with Crippen LogP contribution in [0.4, 0.5) is 26.4 Å². The molecule has 2 rings (SSSR count). The van der Waals surface area contributed by atoms with Gasteiger partial charge in [-0.15, -0.1) is 0 Å². The molecule has 0 atom stereocenters. The lowest BCUT2D eigenvalue weighted by Crippen LogP contribution is -2.19. The molecule has 2 aromatic rings. The molecule has 0 aliphatic rings. The highest BCUT2D eigenvalue weighted by atomic mass is 19.1. The van der Waals surface area contributed by atoms with E-state index in [9.17, 15) is 9.18 Å². The minimum atomic E-state index is -0.479. The van der Waals surface area contributed by atoms with Crippen LogP contribution in [0.15, 0.2) is 42.6 Å². The van der Waals surface area contributed by atoms with Crippen LogP contribution < -0.4 is 16.4 Å². The maximum Gasteiger partial charge on any atom is 0.323 e. The summed E-state index contributed by atoms with van der Waals surface area (Å²) in [6, 6.07) is 8.32. The van der Waals surface area contributed by atoms with Crippen LogP contribution in [0.1, 0.15) is 0 Å². The molecular formula is C12H11FN4O. The first kappa shape index (κ1) is 11.8. The minimum absolute atomic E-state index is 0.367. The van der Waals surface area contributed by atoms with Crippen LogP contribution in [-0.4, -0.2) is 11.0 Å². The fourth-order valence-corrected chi connectivity index (χ4v) is 1.34. The lowest BCUT2D eigenvalue weighted by molar-refractivity contribution is 0.262. The molecule has 0 aliphatic heterocycles.